The van der Waals surface area contributed by atoms with Gasteiger partial charge >= 0.3 is 0 Å². The van der Waals surface area contributed by atoms with Crippen molar-refractivity contribution < 1.29 is 18.7 Å². The van der Waals surface area contributed by atoms with E-state index in [1.54, 1.807) is 19.3 Å². The van der Waals surface area contributed by atoms with Crippen LogP contribution in [0, 0.1) is 5.82 Å². The van der Waals surface area contributed by atoms with Gasteiger partial charge in [0.1, 0.15) is 17.3 Å². The molecule has 3 aromatic rings. The molecule has 3 aromatic carbocycles. The van der Waals surface area contributed by atoms with Crippen molar-refractivity contribution in [1.82, 2.24) is 4.90 Å². The van der Waals surface area contributed by atoms with Gasteiger partial charge in [0.25, 0.3) is 0 Å². The minimum absolute atomic E-state index is 0.0159. The maximum absolute atomic E-state index is 14.4. The fraction of sp³-hybridized carbons (Fsp3) is 0.250. The summed E-state index contributed by atoms with van der Waals surface area (Å²) in [5, 5.41) is 0. The molecule has 1 fully saturated rings. The van der Waals surface area contributed by atoms with E-state index in [1.807, 2.05) is 24.3 Å². The number of carbonyl (C=O) groups excluding carboxylic acids is 1. The Morgan fingerprint density at radius 2 is 1.59 bits per heavy atom. The van der Waals surface area contributed by atoms with E-state index in [0.29, 0.717) is 5.75 Å². The van der Waals surface area contributed by atoms with Gasteiger partial charge in [0.05, 0.1) is 19.8 Å². The molecule has 0 N–H and O–H groups in total. The fourth-order valence-corrected chi connectivity index (χ4v) is 4.08. The van der Waals surface area contributed by atoms with E-state index in [-0.39, 0.29) is 5.56 Å². The first-order chi connectivity index (χ1) is 16.5. The molecule has 1 aliphatic rings. The lowest BCUT2D eigenvalue weighted by Gasteiger charge is -2.35. The molecule has 0 radical (unpaired) electrons. The maximum atomic E-state index is 14.4. The zero-order valence-electron chi connectivity index (χ0n) is 19.8. The largest absolute Gasteiger partial charge is 0.497 e. The Morgan fingerprint density at radius 1 is 0.882 bits per heavy atom. The summed E-state index contributed by atoms with van der Waals surface area (Å²) in [4.78, 5) is 17.4. The van der Waals surface area contributed by atoms with Gasteiger partial charge in [0.2, 0.25) is 0 Å². The lowest BCUT2D eigenvalue weighted by molar-refractivity contribution is 0.104. The Hall–Kier alpha value is -3.64. The minimum Gasteiger partial charge on any atom is -0.497 e. The third-order valence-corrected chi connectivity index (χ3v) is 6.13. The van der Waals surface area contributed by atoms with E-state index >= 15 is 0 Å². The summed E-state index contributed by atoms with van der Waals surface area (Å²) in [6.07, 6.45) is 3.22. The highest BCUT2D eigenvalue weighted by molar-refractivity contribution is 6.07. The second kappa shape index (κ2) is 10.5. The Labute approximate surface area is 200 Å². The first-order valence-electron chi connectivity index (χ1n) is 11.3. The zero-order valence-corrected chi connectivity index (χ0v) is 19.8. The summed E-state index contributed by atoms with van der Waals surface area (Å²) in [6, 6.07) is 18.4. The summed E-state index contributed by atoms with van der Waals surface area (Å²) in [5.74, 6) is 0.166. The molecule has 0 amide bonds. The molecule has 1 aliphatic heterocycles. The number of carbonyl (C=O) groups is 1. The molecule has 1 heterocycles. The number of methoxy groups -OCH3 is 2. The maximum Gasteiger partial charge on any atom is 0.188 e. The van der Waals surface area contributed by atoms with Crippen LogP contribution in [0.3, 0.4) is 0 Å². The van der Waals surface area contributed by atoms with Crippen LogP contribution in [0.4, 0.5) is 10.1 Å². The molecule has 1 saturated heterocycles. The fourth-order valence-electron chi connectivity index (χ4n) is 4.08. The smallest absolute Gasteiger partial charge is 0.188 e. The first-order valence-corrected chi connectivity index (χ1v) is 11.3. The van der Waals surface area contributed by atoms with E-state index in [4.69, 9.17) is 9.47 Å². The van der Waals surface area contributed by atoms with Gasteiger partial charge in [-0.1, -0.05) is 18.2 Å². The van der Waals surface area contributed by atoms with Crippen LogP contribution in [0.5, 0.6) is 11.5 Å². The molecule has 176 valence electrons. The average molecular weight is 461 g/mol. The number of nitrogens with zero attached hydrogens (tertiary/aromatic N) is 2. The highest BCUT2D eigenvalue weighted by Gasteiger charge is 2.17. The molecule has 0 atom stereocenters. The topological polar surface area (TPSA) is 42.0 Å². The van der Waals surface area contributed by atoms with Crippen molar-refractivity contribution in [1.29, 1.82) is 0 Å². The second-order valence-corrected chi connectivity index (χ2v) is 8.34. The highest BCUT2D eigenvalue weighted by Crippen LogP contribution is 2.31. The second-order valence-electron chi connectivity index (χ2n) is 8.34. The lowest BCUT2D eigenvalue weighted by Crippen LogP contribution is -2.44. The van der Waals surface area contributed by atoms with Crippen molar-refractivity contribution in [3.8, 4) is 22.6 Å². The number of ether oxygens (including phenoxy) is 2. The quantitative estimate of drug-likeness (QED) is 0.360. The molecule has 0 unspecified atom stereocenters. The average Bonchev–Trinajstić information content (AvgIpc) is 2.87. The predicted molar refractivity (Wildman–Crippen MR) is 134 cm³/mol. The number of likely N-dealkylation sites (N-methyl/N-ethyl adjacent to an activating group) is 1. The molecule has 4 rings (SSSR count). The number of allylic oxidation sites excluding steroid dienone is 1. The van der Waals surface area contributed by atoms with E-state index in [2.05, 4.69) is 35.0 Å². The summed E-state index contributed by atoms with van der Waals surface area (Å²) in [7, 11) is 5.23. The summed E-state index contributed by atoms with van der Waals surface area (Å²) < 4.78 is 24.8. The number of piperazine rings is 1. The van der Waals surface area contributed by atoms with Crippen LogP contribution < -0.4 is 14.4 Å². The van der Waals surface area contributed by atoms with Gasteiger partial charge < -0.3 is 19.3 Å². The van der Waals surface area contributed by atoms with Crippen LogP contribution >= 0.6 is 0 Å². The Morgan fingerprint density at radius 3 is 2.29 bits per heavy atom. The van der Waals surface area contributed by atoms with E-state index in [9.17, 15) is 9.18 Å². The highest BCUT2D eigenvalue weighted by atomic mass is 19.1. The van der Waals surface area contributed by atoms with Gasteiger partial charge in [-0.3, -0.25) is 4.79 Å². The van der Waals surface area contributed by atoms with E-state index in [1.165, 1.54) is 25.3 Å². The van der Waals surface area contributed by atoms with Crippen LogP contribution in [0.1, 0.15) is 15.9 Å². The van der Waals surface area contributed by atoms with Crippen LogP contribution in [0.25, 0.3) is 17.2 Å². The number of ketones is 1. The minimum atomic E-state index is -0.599. The molecular formula is C28H29FN2O3. The summed E-state index contributed by atoms with van der Waals surface area (Å²) >= 11 is 0. The number of rotatable bonds is 7. The van der Waals surface area contributed by atoms with Crippen molar-refractivity contribution in [2.24, 2.45) is 0 Å². The molecule has 6 heteroatoms. The third kappa shape index (κ3) is 5.29. The van der Waals surface area contributed by atoms with Crippen molar-refractivity contribution in [3.63, 3.8) is 0 Å². The molecule has 5 nitrogen and oxygen atoms in total. The van der Waals surface area contributed by atoms with Gasteiger partial charge in [0.15, 0.2) is 5.78 Å². The third-order valence-electron chi connectivity index (χ3n) is 6.13. The molecule has 0 spiro atoms. The molecule has 0 aliphatic carbocycles. The van der Waals surface area contributed by atoms with Crippen LogP contribution in [0.2, 0.25) is 0 Å². The summed E-state index contributed by atoms with van der Waals surface area (Å²) in [5.41, 5.74) is 4.01. The van der Waals surface area contributed by atoms with Crippen LogP contribution in [-0.2, 0) is 0 Å². The predicted octanol–water partition coefficient (Wildman–Crippen LogP) is 5.16. The van der Waals surface area contributed by atoms with Gasteiger partial charge in [-0.15, -0.1) is 0 Å². The first kappa shape index (κ1) is 23.5. The van der Waals surface area contributed by atoms with Gasteiger partial charge in [-0.25, -0.2) is 4.39 Å². The molecule has 0 aromatic heterocycles. The van der Waals surface area contributed by atoms with Crippen LogP contribution in [0.15, 0.2) is 66.7 Å². The van der Waals surface area contributed by atoms with Gasteiger partial charge in [0, 0.05) is 37.9 Å². The Kier molecular flexibility index (Phi) is 7.28. The normalized spacial score (nSPS) is 14.4. The zero-order chi connectivity index (χ0) is 24.1. The molecular weight excluding hydrogens is 431 g/mol. The number of benzene rings is 3. The Bertz CT molecular complexity index is 1200. The SMILES string of the molecule is COc1cccc(-c2ccc(N3CCN(C)CC3)c(C=CC(=O)c3ccc(OC)cc3F)c2)c1. The Balaban J connectivity index is 1.69. The summed E-state index contributed by atoms with van der Waals surface area (Å²) in [6.45, 7) is 3.74. The van der Waals surface area contributed by atoms with Crippen LogP contribution in [-0.4, -0.2) is 58.1 Å². The number of halogens is 1. The monoisotopic (exact) mass is 460 g/mol. The molecule has 0 saturated carbocycles. The number of anilines is 1. The number of hydrogen-bond donors (Lipinski definition) is 0. The van der Waals surface area contributed by atoms with Crippen molar-refractivity contribution in [3.05, 3.63) is 83.7 Å². The van der Waals surface area contributed by atoms with Gasteiger partial charge in [-0.2, -0.15) is 0 Å². The van der Waals surface area contributed by atoms with Gasteiger partial charge in [-0.05, 0) is 72.3 Å². The van der Waals surface area contributed by atoms with Crippen molar-refractivity contribution >= 4 is 17.5 Å². The van der Waals surface area contributed by atoms with Crippen molar-refractivity contribution in [2.75, 3.05) is 52.3 Å². The van der Waals surface area contributed by atoms with E-state index < -0.39 is 11.6 Å². The van der Waals surface area contributed by atoms with Crippen molar-refractivity contribution in [2.45, 2.75) is 0 Å². The lowest BCUT2D eigenvalue weighted by atomic mass is 9.99. The molecule has 34 heavy (non-hydrogen) atoms. The standard InChI is InChI=1S/C28H29FN2O3/c1-30-13-15-31(16-14-30)27-11-7-21(20-5-4-6-23(18-20)33-2)17-22(27)8-12-28(32)25-10-9-24(34-3)19-26(25)29/h4-12,17-19H,13-16H2,1-3H3. The van der Waals surface area contributed by atoms with E-state index in [0.717, 1.165) is 54.3 Å². The molecule has 0 bridgehead atoms. The number of hydrogen-bond acceptors (Lipinski definition) is 5.